The van der Waals surface area contributed by atoms with E-state index in [-0.39, 0.29) is 12.0 Å². The molecule has 0 radical (unpaired) electrons. The van der Waals surface area contributed by atoms with E-state index in [0.717, 1.165) is 36.6 Å². The Morgan fingerprint density at radius 1 is 1.25 bits per heavy atom. The van der Waals surface area contributed by atoms with Crippen LogP contribution in [0.3, 0.4) is 0 Å². The number of ether oxygens (including phenoxy) is 1. The molecule has 1 amide bonds. The summed E-state index contributed by atoms with van der Waals surface area (Å²) in [5, 5.41) is 9.86. The van der Waals surface area contributed by atoms with Crippen molar-refractivity contribution < 1.29 is 9.53 Å². The topological polar surface area (TPSA) is 74.8 Å². The van der Waals surface area contributed by atoms with Crippen LogP contribution in [0.4, 0.5) is 5.69 Å². The summed E-state index contributed by atoms with van der Waals surface area (Å²) in [6, 6.07) is 7.92. The molecule has 0 spiro atoms. The highest BCUT2D eigenvalue weighted by atomic mass is 16.5. The Bertz CT molecular complexity index is 677. The first-order chi connectivity index (χ1) is 13.6. The minimum atomic E-state index is -0.314. The lowest BCUT2D eigenvalue weighted by Crippen LogP contribution is -2.42. The second kappa shape index (κ2) is 9.92. The molecule has 1 unspecified atom stereocenters. The number of carbonyl (C=O) groups is 1. The molecule has 3 rings (SSSR count). The Labute approximate surface area is 168 Å². The van der Waals surface area contributed by atoms with Gasteiger partial charge < -0.3 is 20.7 Å². The summed E-state index contributed by atoms with van der Waals surface area (Å²) in [6.07, 6.45) is 7.94. The fourth-order valence-corrected chi connectivity index (χ4v) is 4.22. The predicted octanol–water partition coefficient (Wildman–Crippen LogP) is 3.44. The van der Waals surface area contributed by atoms with Gasteiger partial charge in [-0.05, 0) is 55.2 Å². The van der Waals surface area contributed by atoms with Crippen molar-refractivity contribution in [2.75, 3.05) is 25.5 Å². The molecule has 1 aliphatic heterocycles. The molecule has 28 heavy (non-hydrogen) atoms. The molecule has 1 saturated carbocycles. The molecule has 1 aliphatic carbocycles. The van der Waals surface area contributed by atoms with Crippen LogP contribution in [0.15, 0.2) is 29.3 Å². The van der Waals surface area contributed by atoms with Gasteiger partial charge in [-0.3, -0.25) is 9.79 Å². The van der Waals surface area contributed by atoms with Crippen LogP contribution in [0, 0.1) is 5.41 Å². The third-order valence-corrected chi connectivity index (χ3v) is 6.15. The van der Waals surface area contributed by atoms with Crippen molar-refractivity contribution in [3.8, 4) is 0 Å². The van der Waals surface area contributed by atoms with Gasteiger partial charge in [0.1, 0.15) is 6.10 Å². The SMILES string of the molecule is CCC1(CNC(=NC)NCc2cccc(NC(=O)C3CCCO3)c2)CCCC1. The number of amides is 1. The largest absolute Gasteiger partial charge is 0.368 e. The molecule has 3 N–H and O–H groups in total. The highest BCUT2D eigenvalue weighted by Gasteiger charge is 2.31. The molecule has 154 valence electrons. The van der Waals surface area contributed by atoms with E-state index in [1.807, 2.05) is 24.3 Å². The fraction of sp³-hybridized carbons (Fsp3) is 0.636. The Kier molecular flexibility index (Phi) is 7.31. The zero-order valence-electron chi connectivity index (χ0n) is 17.2. The summed E-state index contributed by atoms with van der Waals surface area (Å²) in [7, 11) is 1.81. The summed E-state index contributed by atoms with van der Waals surface area (Å²) in [5.41, 5.74) is 2.32. The van der Waals surface area contributed by atoms with Crippen LogP contribution >= 0.6 is 0 Å². The molecule has 0 aromatic heterocycles. The van der Waals surface area contributed by atoms with Gasteiger partial charge in [0.25, 0.3) is 5.91 Å². The highest BCUT2D eigenvalue weighted by molar-refractivity contribution is 5.94. The standard InChI is InChI=1S/C22H34N4O2/c1-3-22(11-4-5-12-22)16-25-21(23-2)24-15-17-8-6-9-18(14-17)26-20(27)19-10-7-13-28-19/h6,8-9,14,19H,3-5,7,10-13,15-16H2,1-2H3,(H,26,27)(H2,23,24,25). The normalized spacial score (nSPS) is 21.5. The molecule has 1 saturated heterocycles. The Balaban J connectivity index is 1.49. The summed E-state index contributed by atoms with van der Waals surface area (Å²) < 4.78 is 5.45. The highest BCUT2D eigenvalue weighted by Crippen LogP contribution is 2.40. The molecule has 1 aromatic carbocycles. The maximum atomic E-state index is 12.2. The second-order valence-electron chi connectivity index (χ2n) is 8.03. The van der Waals surface area contributed by atoms with Crippen LogP contribution in [0.25, 0.3) is 0 Å². The lowest BCUT2D eigenvalue weighted by molar-refractivity contribution is -0.124. The van der Waals surface area contributed by atoms with Gasteiger partial charge in [-0.15, -0.1) is 0 Å². The van der Waals surface area contributed by atoms with Crippen LogP contribution in [-0.4, -0.2) is 38.2 Å². The number of nitrogens with zero attached hydrogens (tertiary/aromatic N) is 1. The zero-order chi connectivity index (χ0) is 19.8. The molecular formula is C22H34N4O2. The summed E-state index contributed by atoms with van der Waals surface area (Å²) in [4.78, 5) is 16.6. The van der Waals surface area contributed by atoms with Crippen LogP contribution in [-0.2, 0) is 16.1 Å². The monoisotopic (exact) mass is 386 g/mol. The number of benzene rings is 1. The predicted molar refractivity (Wildman–Crippen MR) is 113 cm³/mol. The van der Waals surface area contributed by atoms with E-state index in [0.29, 0.717) is 18.6 Å². The van der Waals surface area contributed by atoms with E-state index in [1.54, 1.807) is 7.05 Å². The molecule has 2 aliphatic rings. The Morgan fingerprint density at radius 3 is 2.75 bits per heavy atom. The van der Waals surface area contributed by atoms with Crippen molar-refractivity contribution in [1.29, 1.82) is 0 Å². The van der Waals surface area contributed by atoms with E-state index in [9.17, 15) is 4.79 Å². The van der Waals surface area contributed by atoms with Crippen LogP contribution in [0.1, 0.15) is 57.4 Å². The quantitative estimate of drug-likeness (QED) is 0.496. The fourth-order valence-electron chi connectivity index (χ4n) is 4.22. The first-order valence-corrected chi connectivity index (χ1v) is 10.6. The van der Waals surface area contributed by atoms with Gasteiger partial charge in [0, 0.05) is 32.4 Å². The number of nitrogens with one attached hydrogen (secondary N) is 3. The van der Waals surface area contributed by atoms with Gasteiger partial charge in [-0.1, -0.05) is 31.9 Å². The zero-order valence-corrected chi connectivity index (χ0v) is 17.2. The number of hydrogen-bond acceptors (Lipinski definition) is 3. The molecule has 1 atom stereocenters. The van der Waals surface area contributed by atoms with E-state index in [1.165, 1.54) is 32.1 Å². The average Bonchev–Trinajstić information content (AvgIpc) is 3.41. The van der Waals surface area contributed by atoms with Gasteiger partial charge in [0.2, 0.25) is 0 Å². The minimum absolute atomic E-state index is 0.0542. The summed E-state index contributed by atoms with van der Waals surface area (Å²) in [5.74, 6) is 0.773. The Morgan fingerprint density at radius 2 is 2.07 bits per heavy atom. The van der Waals surface area contributed by atoms with E-state index >= 15 is 0 Å². The average molecular weight is 387 g/mol. The molecular weight excluding hydrogens is 352 g/mol. The van der Waals surface area contributed by atoms with E-state index < -0.39 is 0 Å². The first kappa shape index (κ1) is 20.6. The van der Waals surface area contributed by atoms with Crippen molar-refractivity contribution in [2.45, 2.75) is 64.5 Å². The molecule has 6 nitrogen and oxygen atoms in total. The lowest BCUT2D eigenvalue weighted by Gasteiger charge is -2.28. The molecule has 1 aromatic rings. The number of anilines is 1. The van der Waals surface area contributed by atoms with Gasteiger partial charge in [-0.25, -0.2) is 0 Å². The maximum Gasteiger partial charge on any atom is 0.253 e. The van der Waals surface area contributed by atoms with Crippen LogP contribution in [0.2, 0.25) is 0 Å². The van der Waals surface area contributed by atoms with Crippen LogP contribution < -0.4 is 16.0 Å². The summed E-state index contributed by atoms with van der Waals surface area (Å²) in [6.45, 7) is 4.59. The van der Waals surface area contributed by atoms with Gasteiger partial charge in [-0.2, -0.15) is 0 Å². The van der Waals surface area contributed by atoms with Crippen LogP contribution in [0.5, 0.6) is 0 Å². The van der Waals surface area contributed by atoms with E-state index in [4.69, 9.17) is 4.74 Å². The lowest BCUT2D eigenvalue weighted by atomic mass is 9.83. The number of guanidine groups is 1. The smallest absolute Gasteiger partial charge is 0.253 e. The first-order valence-electron chi connectivity index (χ1n) is 10.6. The van der Waals surface area contributed by atoms with Crippen molar-refractivity contribution in [3.05, 3.63) is 29.8 Å². The third kappa shape index (κ3) is 5.47. The molecule has 6 heteroatoms. The van der Waals surface area contributed by atoms with Gasteiger partial charge >= 0.3 is 0 Å². The second-order valence-corrected chi connectivity index (χ2v) is 8.03. The van der Waals surface area contributed by atoms with Crippen molar-refractivity contribution in [1.82, 2.24) is 10.6 Å². The van der Waals surface area contributed by atoms with E-state index in [2.05, 4.69) is 27.9 Å². The van der Waals surface area contributed by atoms with Gasteiger partial charge in [0.15, 0.2) is 5.96 Å². The molecule has 0 bridgehead atoms. The molecule has 1 heterocycles. The third-order valence-electron chi connectivity index (χ3n) is 6.15. The van der Waals surface area contributed by atoms with Crippen molar-refractivity contribution >= 4 is 17.6 Å². The summed E-state index contributed by atoms with van der Waals surface area (Å²) >= 11 is 0. The number of hydrogen-bond donors (Lipinski definition) is 3. The minimum Gasteiger partial charge on any atom is -0.368 e. The Hall–Kier alpha value is -2.08. The van der Waals surface area contributed by atoms with Crippen molar-refractivity contribution in [2.24, 2.45) is 10.4 Å². The van der Waals surface area contributed by atoms with Gasteiger partial charge in [0.05, 0.1) is 0 Å². The number of rotatable bonds is 7. The maximum absolute atomic E-state index is 12.2. The molecule has 2 fully saturated rings. The number of carbonyl (C=O) groups excluding carboxylic acids is 1. The van der Waals surface area contributed by atoms with Crippen molar-refractivity contribution in [3.63, 3.8) is 0 Å². The number of aliphatic imine (C=N–C) groups is 1.